The number of carbonyl (C=O) groups excluding carboxylic acids is 1. The van der Waals surface area contributed by atoms with E-state index in [-0.39, 0.29) is 23.7 Å². The number of aromatic nitrogens is 2. The summed E-state index contributed by atoms with van der Waals surface area (Å²) in [5.74, 6) is -1.06. The Morgan fingerprint density at radius 2 is 2.22 bits per heavy atom. The van der Waals surface area contributed by atoms with Gasteiger partial charge in [0.25, 0.3) is 0 Å². The lowest BCUT2D eigenvalue weighted by molar-refractivity contribution is 0.0484. The van der Waals surface area contributed by atoms with Crippen LogP contribution in [0.5, 0.6) is 11.5 Å². The van der Waals surface area contributed by atoms with Crippen molar-refractivity contribution < 1.29 is 19.7 Å². The average Bonchev–Trinajstić information content (AvgIpc) is 2.81. The van der Waals surface area contributed by atoms with Gasteiger partial charge in [0, 0.05) is 18.5 Å². The maximum absolute atomic E-state index is 11.6. The molecule has 0 bridgehead atoms. The van der Waals surface area contributed by atoms with Crippen LogP contribution in [0, 0.1) is 0 Å². The largest absolute Gasteiger partial charge is 0.508 e. The molecule has 94 valence electrons. The Bertz CT molecular complexity index is 537. The van der Waals surface area contributed by atoms with E-state index in [0.717, 1.165) is 6.07 Å². The number of carbonyl (C=O) groups is 1. The van der Waals surface area contributed by atoms with Crippen molar-refractivity contribution in [3.63, 3.8) is 0 Å². The quantitative estimate of drug-likeness (QED) is 0.793. The molecule has 0 saturated carbocycles. The first-order valence-corrected chi connectivity index (χ1v) is 5.33. The highest BCUT2D eigenvalue weighted by molar-refractivity contribution is 5.92. The second-order valence-corrected chi connectivity index (χ2v) is 3.61. The van der Waals surface area contributed by atoms with Crippen LogP contribution in [-0.2, 0) is 11.3 Å². The van der Waals surface area contributed by atoms with Gasteiger partial charge in [-0.2, -0.15) is 5.10 Å². The molecule has 2 aromatic rings. The fraction of sp³-hybridized carbons (Fsp3) is 0.167. The highest BCUT2D eigenvalue weighted by Gasteiger charge is 2.12. The molecule has 0 aliphatic heterocycles. The fourth-order valence-corrected chi connectivity index (χ4v) is 1.43. The van der Waals surface area contributed by atoms with Gasteiger partial charge in [-0.3, -0.25) is 4.68 Å². The molecule has 6 nitrogen and oxygen atoms in total. The van der Waals surface area contributed by atoms with Gasteiger partial charge < -0.3 is 14.9 Å². The Hall–Kier alpha value is -2.50. The second-order valence-electron chi connectivity index (χ2n) is 3.61. The molecule has 0 amide bonds. The molecule has 0 atom stereocenters. The minimum Gasteiger partial charge on any atom is -0.508 e. The third kappa shape index (κ3) is 2.79. The summed E-state index contributed by atoms with van der Waals surface area (Å²) in [5.41, 5.74) is 0.0215. The van der Waals surface area contributed by atoms with Crippen LogP contribution >= 0.6 is 0 Å². The highest BCUT2D eigenvalue weighted by Crippen LogP contribution is 2.23. The van der Waals surface area contributed by atoms with Crippen molar-refractivity contribution in [2.75, 3.05) is 6.61 Å². The summed E-state index contributed by atoms with van der Waals surface area (Å²) in [5, 5.41) is 22.5. The van der Waals surface area contributed by atoms with E-state index >= 15 is 0 Å². The number of phenols is 2. The third-order valence-corrected chi connectivity index (χ3v) is 2.31. The zero-order valence-electron chi connectivity index (χ0n) is 9.48. The number of esters is 1. The minimum absolute atomic E-state index is 0.0215. The normalized spacial score (nSPS) is 10.2. The Balaban J connectivity index is 1.91. The first-order valence-electron chi connectivity index (χ1n) is 5.33. The topological polar surface area (TPSA) is 84.6 Å². The number of ether oxygens (including phenoxy) is 1. The van der Waals surface area contributed by atoms with E-state index in [4.69, 9.17) is 9.84 Å². The summed E-state index contributed by atoms with van der Waals surface area (Å²) in [6.07, 6.45) is 3.39. The van der Waals surface area contributed by atoms with Crippen LogP contribution in [0.25, 0.3) is 0 Å². The Labute approximate surface area is 103 Å². The van der Waals surface area contributed by atoms with E-state index in [1.54, 1.807) is 23.1 Å². The number of phenolic OH excluding ortho intramolecular Hbond substituents is 2. The zero-order valence-corrected chi connectivity index (χ0v) is 9.48. The van der Waals surface area contributed by atoms with Crippen LogP contribution in [0.2, 0.25) is 0 Å². The SMILES string of the molecule is O=C(OCCn1cccn1)c1ccc(O)cc1O. The lowest BCUT2D eigenvalue weighted by Gasteiger charge is -2.06. The Kier molecular flexibility index (Phi) is 3.47. The first-order chi connectivity index (χ1) is 8.66. The Morgan fingerprint density at radius 1 is 1.39 bits per heavy atom. The summed E-state index contributed by atoms with van der Waals surface area (Å²) in [6.45, 7) is 0.596. The summed E-state index contributed by atoms with van der Waals surface area (Å²) >= 11 is 0. The molecule has 6 heteroatoms. The molecular weight excluding hydrogens is 236 g/mol. The molecule has 0 spiro atoms. The average molecular weight is 248 g/mol. The van der Waals surface area contributed by atoms with Gasteiger partial charge in [-0.05, 0) is 18.2 Å². The smallest absolute Gasteiger partial charge is 0.341 e. The van der Waals surface area contributed by atoms with Crippen molar-refractivity contribution in [3.05, 3.63) is 42.2 Å². The molecule has 1 heterocycles. The molecular formula is C12H12N2O4. The molecule has 0 saturated heterocycles. The lowest BCUT2D eigenvalue weighted by Crippen LogP contribution is -2.11. The van der Waals surface area contributed by atoms with Gasteiger partial charge >= 0.3 is 5.97 Å². The van der Waals surface area contributed by atoms with Gasteiger partial charge in [-0.15, -0.1) is 0 Å². The standard InChI is InChI=1S/C12H12N2O4/c15-9-2-3-10(11(16)8-9)12(17)18-7-6-14-5-1-4-13-14/h1-5,8,15-16H,6-7H2. The maximum Gasteiger partial charge on any atom is 0.341 e. The van der Waals surface area contributed by atoms with Crippen molar-refractivity contribution in [2.45, 2.75) is 6.54 Å². The monoisotopic (exact) mass is 248 g/mol. The van der Waals surface area contributed by atoms with E-state index in [1.807, 2.05) is 0 Å². The number of nitrogens with zero attached hydrogens (tertiary/aromatic N) is 2. The van der Waals surface area contributed by atoms with Gasteiger partial charge in [0.2, 0.25) is 0 Å². The number of benzene rings is 1. The second kappa shape index (κ2) is 5.22. The van der Waals surface area contributed by atoms with Crippen LogP contribution in [0.4, 0.5) is 0 Å². The molecule has 0 aliphatic rings. The van der Waals surface area contributed by atoms with Crippen molar-refractivity contribution in [2.24, 2.45) is 0 Å². The number of rotatable bonds is 4. The number of hydrogen-bond acceptors (Lipinski definition) is 5. The molecule has 18 heavy (non-hydrogen) atoms. The molecule has 2 N–H and O–H groups in total. The van der Waals surface area contributed by atoms with Gasteiger partial charge in [0.05, 0.1) is 6.54 Å². The number of hydrogen-bond donors (Lipinski definition) is 2. The van der Waals surface area contributed by atoms with Gasteiger partial charge in [-0.25, -0.2) is 4.79 Å². The molecule has 0 radical (unpaired) electrons. The van der Waals surface area contributed by atoms with Crippen molar-refractivity contribution in [1.82, 2.24) is 9.78 Å². The fourth-order valence-electron chi connectivity index (χ4n) is 1.43. The summed E-state index contributed by atoms with van der Waals surface area (Å²) in [4.78, 5) is 11.6. The van der Waals surface area contributed by atoms with E-state index in [0.29, 0.717) is 6.54 Å². The maximum atomic E-state index is 11.6. The lowest BCUT2D eigenvalue weighted by atomic mass is 10.2. The van der Waals surface area contributed by atoms with Crippen LogP contribution in [-0.4, -0.2) is 32.6 Å². The van der Waals surface area contributed by atoms with Gasteiger partial charge in [0.1, 0.15) is 23.7 Å². The van der Waals surface area contributed by atoms with Gasteiger partial charge in [0.15, 0.2) is 0 Å². The predicted octanol–water partition coefficient (Wildman–Crippen LogP) is 1.15. The Morgan fingerprint density at radius 3 is 2.89 bits per heavy atom. The van der Waals surface area contributed by atoms with E-state index in [2.05, 4.69) is 5.10 Å². The molecule has 1 aromatic heterocycles. The minimum atomic E-state index is -0.639. The van der Waals surface area contributed by atoms with Crippen molar-refractivity contribution >= 4 is 5.97 Å². The molecule has 2 rings (SSSR count). The first kappa shape index (κ1) is 12.0. The van der Waals surface area contributed by atoms with E-state index in [1.165, 1.54) is 12.1 Å². The van der Waals surface area contributed by atoms with Crippen LogP contribution in [0.15, 0.2) is 36.7 Å². The van der Waals surface area contributed by atoms with Crippen LogP contribution in [0.1, 0.15) is 10.4 Å². The van der Waals surface area contributed by atoms with Crippen molar-refractivity contribution in [3.8, 4) is 11.5 Å². The molecule has 0 fully saturated rings. The molecule has 0 aliphatic carbocycles. The van der Waals surface area contributed by atoms with E-state index in [9.17, 15) is 9.90 Å². The van der Waals surface area contributed by atoms with Gasteiger partial charge in [-0.1, -0.05) is 0 Å². The third-order valence-electron chi connectivity index (χ3n) is 2.31. The van der Waals surface area contributed by atoms with Crippen LogP contribution < -0.4 is 0 Å². The van der Waals surface area contributed by atoms with Crippen molar-refractivity contribution in [1.29, 1.82) is 0 Å². The number of aromatic hydroxyl groups is 2. The summed E-state index contributed by atoms with van der Waals surface area (Å²) in [7, 11) is 0. The zero-order chi connectivity index (χ0) is 13.0. The highest BCUT2D eigenvalue weighted by atomic mass is 16.5. The van der Waals surface area contributed by atoms with Crippen LogP contribution in [0.3, 0.4) is 0 Å². The van der Waals surface area contributed by atoms with E-state index < -0.39 is 5.97 Å². The summed E-state index contributed by atoms with van der Waals surface area (Å²) < 4.78 is 6.61. The molecule has 0 unspecified atom stereocenters. The molecule has 1 aromatic carbocycles. The summed E-state index contributed by atoms with van der Waals surface area (Å²) in [6, 6.07) is 5.47. The predicted molar refractivity (Wildman–Crippen MR) is 62.3 cm³/mol.